The van der Waals surface area contributed by atoms with Gasteiger partial charge in [-0.3, -0.25) is 4.79 Å². The summed E-state index contributed by atoms with van der Waals surface area (Å²) in [6.07, 6.45) is 1.02. The average molecular weight is 314 g/mol. The smallest absolute Gasteiger partial charge is 0.267 e. The van der Waals surface area contributed by atoms with E-state index in [-0.39, 0.29) is 22.1 Å². The monoisotopic (exact) mass is 313 g/mol. The van der Waals surface area contributed by atoms with E-state index in [9.17, 15) is 13.6 Å². The lowest BCUT2D eigenvalue weighted by atomic mass is 10.1. The molecule has 0 spiro atoms. The lowest BCUT2D eigenvalue weighted by Crippen LogP contribution is -2.30. The van der Waals surface area contributed by atoms with Crippen molar-refractivity contribution in [1.29, 1.82) is 0 Å². The third kappa shape index (κ3) is 2.73. The average Bonchev–Trinajstić information content (AvgIpc) is 3.11. The van der Waals surface area contributed by atoms with Gasteiger partial charge in [0.25, 0.3) is 5.91 Å². The van der Waals surface area contributed by atoms with Crippen molar-refractivity contribution in [1.82, 2.24) is 15.6 Å². The molecule has 0 saturated carbocycles. The maximum atomic E-state index is 13.7. The van der Waals surface area contributed by atoms with Crippen LogP contribution in [0.4, 0.5) is 8.78 Å². The molecule has 2 heterocycles. The van der Waals surface area contributed by atoms with Gasteiger partial charge in [0.05, 0.1) is 10.5 Å². The molecule has 2 aromatic rings. The minimum Gasteiger partial charge on any atom is -0.350 e. The number of amides is 1. The highest BCUT2D eigenvalue weighted by Gasteiger charge is 2.19. The standard InChI is InChI=1S/C14H14ClF2N3O/c15-9-3-8-4-10(20-13(8)12(17)11(9)16)14(21)19-6-7-1-2-18-5-7/h3-4,7,18,20H,1-2,5-6H2,(H,19,21). The van der Waals surface area contributed by atoms with E-state index in [4.69, 9.17) is 11.6 Å². The van der Waals surface area contributed by atoms with Gasteiger partial charge >= 0.3 is 0 Å². The molecule has 1 saturated heterocycles. The highest BCUT2D eigenvalue weighted by molar-refractivity contribution is 6.31. The molecule has 1 aliphatic rings. The number of rotatable bonds is 3. The maximum absolute atomic E-state index is 13.7. The number of benzene rings is 1. The number of aromatic nitrogens is 1. The summed E-state index contributed by atoms with van der Waals surface area (Å²) in [6, 6.07) is 2.76. The van der Waals surface area contributed by atoms with Crippen LogP contribution >= 0.6 is 11.6 Å². The number of carbonyl (C=O) groups excluding carboxylic acids is 1. The van der Waals surface area contributed by atoms with Crippen molar-refractivity contribution in [2.45, 2.75) is 6.42 Å². The van der Waals surface area contributed by atoms with Gasteiger partial charge in [-0.25, -0.2) is 8.78 Å². The predicted octanol–water partition coefficient (Wildman–Crippen LogP) is 2.44. The van der Waals surface area contributed by atoms with Crippen LogP contribution in [0.15, 0.2) is 12.1 Å². The highest BCUT2D eigenvalue weighted by atomic mass is 35.5. The Morgan fingerprint density at radius 1 is 1.38 bits per heavy atom. The second-order valence-electron chi connectivity index (χ2n) is 5.20. The van der Waals surface area contributed by atoms with Crippen LogP contribution in [-0.2, 0) is 0 Å². The molecule has 112 valence electrons. The summed E-state index contributed by atoms with van der Waals surface area (Å²) < 4.78 is 27.1. The molecule has 1 amide bonds. The summed E-state index contributed by atoms with van der Waals surface area (Å²) in [6.45, 7) is 2.39. The van der Waals surface area contributed by atoms with Crippen molar-refractivity contribution in [3.63, 3.8) is 0 Å². The summed E-state index contributed by atoms with van der Waals surface area (Å²) in [5.41, 5.74) is 0.140. The van der Waals surface area contributed by atoms with Gasteiger partial charge in [0, 0.05) is 11.9 Å². The number of halogens is 3. The van der Waals surface area contributed by atoms with Crippen LogP contribution in [0, 0.1) is 17.6 Å². The number of H-pyrrole nitrogens is 1. The number of nitrogens with one attached hydrogen (secondary N) is 3. The molecule has 1 fully saturated rings. The van der Waals surface area contributed by atoms with Gasteiger partial charge in [-0.15, -0.1) is 0 Å². The number of hydrogen-bond donors (Lipinski definition) is 3. The van der Waals surface area contributed by atoms with Gasteiger partial charge in [-0.2, -0.15) is 0 Å². The van der Waals surface area contributed by atoms with Crippen molar-refractivity contribution in [2.75, 3.05) is 19.6 Å². The molecule has 0 aliphatic carbocycles. The number of carbonyl (C=O) groups is 1. The number of hydrogen-bond acceptors (Lipinski definition) is 2. The van der Waals surface area contributed by atoms with Gasteiger partial charge in [0.2, 0.25) is 0 Å². The number of aromatic amines is 1. The van der Waals surface area contributed by atoms with E-state index in [2.05, 4.69) is 15.6 Å². The Morgan fingerprint density at radius 3 is 2.90 bits per heavy atom. The molecule has 1 aromatic carbocycles. The minimum absolute atomic E-state index is 0.0513. The molecular weight excluding hydrogens is 300 g/mol. The maximum Gasteiger partial charge on any atom is 0.267 e. The highest BCUT2D eigenvalue weighted by Crippen LogP contribution is 2.27. The molecule has 7 heteroatoms. The van der Waals surface area contributed by atoms with Gasteiger partial charge in [0.15, 0.2) is 11.6 Å². The molecule has 1 atom stereocenters. The van der Waals surface area contributed by atoms with Gasteiger partial charge in [-0.1, -0.05) is 11.6 Å². The summed E-state index contributed by atoms with van der Waals surface area (Å²) >= 11 is 5.59. The zero-order chi connectivity index (χ0) is 15.0. The van der Waals surface area contributed by atoms with Crippen LogP contribution in [0.25, 0.3) is 10.9 Å². The van der Waals surface area contributed by atoms with Crippen LogP contribution in [0.5, 0.6) is 0 Å². The van der Waals surface area contributed by atoms with Crippen LogP contribution < -0.4 is 10.6 Å². The first kappa shape index (κ1) is 14.3. The van der Waals surface area contributed by atoms with Crippen LogP contribution in [0.1, 0.15) is 16.9 Å². The lowest BCUT2D eigenvalue weighted by molar-refractivity contribution is 0.0944. The third-order valence-corrected chi connectivity index (χ3v) is 3.99. The van der Waals surface area contributed by atoms with Crippen molar-refractivity contribution >= 4 is 28.4 Å². The quantitative estimate of drug-likeness (QED) is 0.762. The molecule has 0 bridgehead atoms. The van der Waals surface area contributed by atoms with E-state index in [1.165, 1.54) is 12.1 Å². The van der Waals surface area contributed by atoms with Crippen molar-refractivity contribution in [3.8, 4) is 0 Å². The summed E-state index contributed by atoms with van der Waals surface area (Å²) in [5, 5.41) is 6.07. The Hall–Kier alpha value is -1.66. The van der Waals surface area contributed by atoms with E-state index in [0.717, 1.165) is 19.5 Å². The topological polar surface area (TPSA) is 56.9 Å². The van der Waals surface area contributed by atoms with Crippen LogP contribution in [0.3, 0.4) is 0 Å². The van der Waals surface area contributed by atoms with E-state index < -0.39 is 11.6 Å². The normalized spacial score (nSPS) is 18.3. The Kier molecular flexibility index (Phi) is 3.82. The second-order valence-corrected chi connectivity index (χ2v) is 5.61. The Labute approximate surface area is 124 Å². The minimum atomic E-state index is -1.12. The zero-order valence-electron chi connectivity index (χ0n) is 11.1. The molecule has 0 radical (unpaired) electrons. The van der Waals surface area contributed by atoms with Crippen molar-refractivity contribution < 1.29 is 13.6 Å². The first-order chi connectivity index (χ1) is 10.1. The summed E-state index contributed by atoms with van der Waals surface area (Å²) in [5.74, 6) is -2.12. The molecule has 21 heavy (non-hydrogen) atoms. The Morgan fingerprint density at radius 2 is 2.19 bits per heavy atom. The summed E-state index contributed by atoms with van der Waals surface area (Å²) in [7, 11) is 0. The summed E-state index contributed by atoms with van der Waals surface area (Å²) in [4.78, 5) is 14.6. The SMILES string of the molecule is O=C(NCC1CCNC1)c1cc2cc(Cl)c(F)c(F)c2[nH]1. The zero-order valence-corrected chi connectivity index (χ0v) is 11.9. The Bertz CT molecular complexity index is 695. The molecule has 1 aliphatic heterocycles. The van der Waals surface area contributed by atoms with Crippen molar-refractivity contribution in [3.05, 3.63) is 34.5 Å². The molecular formula is C14H14ClF2N3O. The molecule has 1 aromatic heterocycles. The van der Waals surface area contributed by atoms with E-state index in [1.807, 2.05) is 0 Å². The van der Waals surface area contributed by atoms with Crippen LogP contribution in [0.2, 0.25) is 5.02 Å². The molecule has 3 rings (SSSR count). The predicted molar refractivity (Wildman–Crippen MR) is 76.5 cm³/mol. The van der Waals surface area contributed by atoms with E-state index >= 15 is 0 Å². The first-order valence-corrected chi connectivity index (χ1v) is 7.09. The van der Waals surface area contributed by atoms with Gasteiger partial charge < -0.3 is 15.6 Å². The molecule has 3 N–H and O–H groups in total. The fourth-order valence-electron chi connectivity index (χ4n) is 2.52. The fraction of sp³-hybridized carbons (Fsp3) is 0.357. The molecule has 4 nitrogen and oxygen atoms in total. The Balaban J connectivity index is 1.80. The largest absolute Gasteiger partial charge is 0.350 e. The third-order valence-electron chi connectivity index (χ3n) is 3.71. The second kappa shape index (κ2) is 5.61. The van der Waals surface area contributed by atoms with Gasteiger partial charge in [-0.05, 0) is 37.6 Å². The number of fused-ring (bicyclic) bond motifs is 1. The lowest BCUT2D eigenvalue weighted by Gasteiger charge is -2.08. The molecule has 1 unspecified atom stereocenters. The van der Waals surface area contributed by atoms with E-state index in [0.29, 0.717) is 17.8 Å². The van der Waals surface area contributed by atoms with Crippen molar-refractivity contribution in [2.24, 2.45) is 5.92 Å². The van der Waals surface area contributed by atoms with E-state index in [1.54, 1.807) is 0 Å². The fourth-order valence-corrected chi connectivity index (χ4v) is 2.72. The van der Waals surface area contributed by atoms with Crippen LogP contribution in [-0.4, -0.2) is 30.5 Å². The first-order valence-electron chi connectivity index (χ1n) is 6.71. The van der Waals surface area contributed by atoms with Gasteiger partial charge in [0.1, 0.15) is 5.69 Å².